The number of nitrogens with one attached hydrogen (secondary N) is 3. The van der Waals surface area contributed by atoms with E-state index in [0.717, 1.165) is 43.8 Å². The van der Waals surface area contributed by atoms with Crippen LogP contribution in [0.2, 0.25) is 10.0 Å². The van der Waals surface area contributed by atoms with E-state index in [1.807, 2.05) is 60.8 Å². The Morgan fingerprint density at radius 1 is 0.860 bits per heavy atom. The molecule has 266 valence electrons. The summed E-state index contributed by atoms with van der Waals surface area (Å²) in [5.74, 6) is -1.21. The number of rotatable bonds is 9. The second-order valence-electron chi connectivity index (χ2n) is 12.9. The van der Waals surface area contributed by atoms with Crippen LogP contribution in [0.15, 0.2) is 76.7 Å². The molecule has 12 heteroatoms. The number of benzene rings is 3. The van der Waals surface area contributed by atoms with E-state index < -0.39 is 18.0 Å². The summed E-state index contributed by atoms with van der Waals surface area (Å²) in [6.07, 6.45) is 5.29. The minimum Gasteiger partial charge on any atom is -0.361 e. The van der Waals surface area contributed by atoms with Crippen LogP contribution in [0, 0.1) is 5.92 Å². The highest BCUT2D eigenvalue weighted by Gasteiger charge is 2.34. The number of likely N-dealkylation sites (N-methyl/N-ethyl adjacent to an activating group) is 1. The van der Waals surface area contributed by atoms with Crippen LogP contribution in [-0.2, 0) is 33.9 Å². The highest BCUT2D eigenvalue weighted by Crippen LogP contribution is 2.35. The predicted molar refractivity (Wildman–Crippen MR) is 202 cm³/mol. The van der Waals surface area contributed by atoms with Gasteiger partial charge in [-0.05, 0) is 91.9 Å². The number of aromatic amines is 1. The SMILES string of the molecule is CN1C(=O)[C@H](CCCCN)CC(=O)[C@H](CCCN)NCc2ccccc2Sc2ccc(Cl)cc2CNC(=O)[C@@H]1Cc1c[nH]c2cc(Cl)ccc12. The molecular weight excluding hydrogens is 691 g/mol. The van der Waals surface area contributed by atoms with Crippen LogP contribution in [0.3, 0.4) is 0 Å². The number of halogens is 2. The fourth-order valence-electron chi connectivity index (χ4n) is 6.50. The van der Waals surface area contributed by atoms with Crippen LogP contribution in [0.25, 0.3) is 10.9 Å². The monoisotopic (exact) mass is 736 g/mol. The smallest absolute Gasteiger partial charge is 0.243 e. The fourth-order valence-corrected chi connectivity index (χ4v) is 7.92. The molecule has 7 N–H and O–H groups in total. The van der Waals surface area contributed by atoms with Crippen molar-refractivity contribution in [3.63, 3.8) is 0 Å². The van der Waals surface area contributed by atoms with E-state index in [2.05, 4.69) is 21.7 Å². The zero-order valence-corrected chi connectivity index (χ0v) is 30.7. The molecule has 0 fully saturated rings. The van der Waals surface area contributed by atoms with Gasteiger partial charge in [0.05, 0.1) is 6.04 Å². The number of hydrogen-bond donors (Lipinski definition) is 5. The Morgan fingerprint density at radius 2 is 1.60 bits per heavy atom. The van der Waals surface area contributed by atoms with Crippen molar-refractivity contribution in [2.75, 3.05) is 20.1 Å². The van der Waals surface area contributed by atoms with Gasteiger partial charge in [-0.1, -0.05) is 65.7 Å². The van der Waals surface area contributed by atoms with Crippen molar-refractivity contribution in [3.05, 3.63) is 93.6 Å². The second kappa shape index (κ2) is 18.2. The Hall–Kier alpha value is -3.38. The topological polar surface area (TPSA) is 146 Å². The predicted octanol–water partition coefficient (Wildman–Crippen LogP) is 6.23. The number of amides is 2. The number of hydrogen-bond acceptors (Lipinski definition) is 7. The highest BCUT2D eigenvalue weighted by molar-refractivity contribution is 7.99. The summed E-state index contributed by atoms with van der Waals surface area (Å²) in [5, 5.41) is 8.69. The summed E-state index contributed by atoms with van der Waals surface area (Å²) in [5.41, 5.74) is 15.3. The molecule has 1 aliphatic heterocycles. The third-order valence-electron chi connectivity index (χ3n) is 9.36. The van der Waals surface area contributed by atoms with Crippen molar-refractivity contribution in [1.29, 1.82) is 0 Å². The normalized spacial score (nSPS) is 19.6. The number of fused-ring (bicyclic) bond motifs is 3. The molecule has 1 aromatic heterocycles. The maximum absolute atomic E-state index is 14.4. The molecular formula is C38H46Cl2N6O3S. The first kappa shape index (κ1) is 37.9. The average Bonchev–Trinajstić information content (AvgIpc) is 3.51. The van der Waals surface area contributed by atoms with Crippen LogP contribution in [0.5, 0.6) is 0 Å². The van der Waals surface area contributed by atoms with Gasteiger partial charge in [0, 0.05) is 75.8 Å². The third kappa shape index (κ3) is 9.69. The molecule has 3 aromatic carbocycles. The van der Waals surface area contributed by atoms with Crippen LogP contribution < -0.4 is 22.1 Å². The molecule has 4 aromatic rings. The first-order valence-corrected chi connectivity index (χ1v) is 18.8. The quantitative estimate of drug-likeness (QED) is 0.128. The van der Waals surface area contributed by atoms with Crippen molar-refractivity contribution in [1.82, 2.24) is 20.5 Å². The molecule has 1 aliphatic rings. The number of nitrogens with two attached hydrogens (primary N) is 2. The van der Waals surface area contributed by atoms with Crippen molar-refractivity contribution in [2.24, 2.45) is 17.4 Å². The second-order valence-corrected chi connectivity index (χ2v) is 14.8. The van der Waals surface area contributed by atoms with Gasteiger partial charge >= 0.3 is 0 Å². The van der Waals surface area contributed by atoms with Gasteiger partial charge in [-0.2, -0.15) is 0 Å². The van der Waals surface area contributed by atoms with Gasteiger partial charge in [-0.15, -0.1) is 0 Å². The van der Waals surface area contributed by atoms with Gasteiger partial charge in [0.15, 0.2) is 5.78 Å². The number of aromatic nitrogens is 1. The number of unbranched alkanes of at least 4 members (excludes halogenated alkanes) is 1. The lowest BCUT2D eigenvalue weighted by Crippen LogP contribution is -2.51. The molecule has 0 unspecified atom stereocenters. The van der Waals surface area contributed by atoms with Crippen molar-refractivity contribution in [3.8, 4) is 0 Å². The first-order chi connectivity index (χ1) is 24.2. The van der Waals surface area contributed by atoms with Gasteiger partial charge in [0.1, 0.15) is 6.04 Å². The maximum Gasteiger partial charge on any atom is 0.243 e. The van der Waals surface area contributed by atoms with E-state index in [9.17, 15) is 14.4 Å². The zero-order chi connectivity index (χ0) is 35.6. The van der Waals surface area contributed by atoms with Crippen LogP contribution in [-0.4, -0.2) is 59.7 Å². The summed E-state index contributed by atoms with van der Waals surface area (Å²) in [4.78, 5) is 49.5. The van der Waals surface area contributed by atoms with Gasteiger partial charge in [-0.25, -0.2) is 0 Å². The molecule has 3 atom stereocenters. The number of carbonyl (C=O) groups is 3. The maximum atomic E-state index is 14.4. The summed E-state index contributed by atoms with van der Waals surface area (Å²) in [6, 6.07) is 17.9. The number of Topliss-reactive ketones (excluding diaryl/α,β-unsaturated/α-hetero) is 1. The molecule has 5 rings (SSSR count). The van der Waals surface area contributed by atoms with Crippen molar-refractivity contribution in [2.45, 2.75) is 79.9 Å². The van der Waals surface area contributed by atoms with E-state index in [1.54, 1.807) is 18.8 Å². The van der Waals surface area contributed by atoms with Gasteiger partial charge < -0.3 is 32.0 Å². The van der Waals surface area contributed by atoms with E-state index in [4.69, 9.17) is 34.7 Å². The van der Waals surface area contributed by atoms with Crippen LogP contribution in [0.4, 0.5) is 0 Å². The lowest BCUT2D eigenvalue weighted by Gasteiger charge is -2.31. The lowest BCUT2D eigenvalue weighted by molar-refractivity contribution is -0.143. The number of H-pyrrole nitrogens is 1. The van der Waals surface area contributed by atoms with Crippen LogP contribution in [0.1, 0.15) is 55.2 Å². The van der Waals surface area contributed by atoms with Crippen molar-refractivity contribution >= 4 is 63.5 Å². The lowest BCUT2D eigenvalue weighted by atomic mass is 9.90. The molecule has 9 nitrogen and oxygen atoms in total. The zero-order valence-electron chi connectivity index (χ0n) is 28.4. The Balaban J connectivity index is 1.55. The summed E-state index contributed by atoms with van der Waals surface area (Å²) < 4.78 is 0. The van der Waals surface area contributed by atoms with Gasteiger partial charge in [-0.3, -0.25) is 14.4 Å². The molecule has 0 saturated heterocycles. The summed E-state index contributed by atoms with van der Waals surface area (Å²) >= 11 is 14.3. The Kier molecular flexibility index (Phi) is 13.8. The minimum absolute atomic E-state index is 0.0399. The number of ketones is 1. The van der Waals surface area contributed by atoms with E-state index in [1.165, 1.54) is 4.90 Å². The average molecular weight is 738 g/mol. The molecule has 50 heavy (non-hydrogen) atoms. The summed E-state index contributed by atoms with van der Waals surface area (Å²) in [6.45, 7) is 1.62. The minimum atomic E-state index is -0.859. The standard InChI is InChI=1S/C38H46Cl2N6O3S/c1-46-33(18-26-22-44-32-20-29(40)11-13-30(26)32)37(48)45-23-27-17-28(39)12-14-36(27)50-35-10-3-2-8-25(35)21-43-31(9-6-16-42)34(47)19-24(38(46)49)7-4-5-15-41/h2-3,8,10-14,17,20,22,24,31,33,43-44H,4-7,9,15-16,18-19,21,23,41-42H2,1H3,(H,45,48)/t24-,31+,33+/m1/s1. The molecule has 0 saturated carbocycles. The van der Waals surface area contributed by atoms with E-state index in [0.29, 0.717) is 55.4 Å². The third-order valence-corrected chi connectivity index (χ3v) is 11.1. The van der Waals surface area contributed by atoms with Crippen LogP contribution >= 0.6 is 35.0 Å². The molecule has 0 aliphatic carbocycles. The first-order valence-electron chi connectivity index (χ1n) is 17.2. The molecule has 0 radical (unpaired) electrons. The van der Waals surface area contributed by atoms with Gasteiger partial charge in [0.2, 0.25) is 11.8 Å². The van der Waals surface area contributed by atoms with Gasteiger partial charge in [0.25, 0.3) is 0 Å². The Morgan fingerprint density at radius 3 is 2.40 bits per heavy atom. The Labute approximate surface area is 308 Å². The Bertz CT molecular complexity index is 1800. The van der Waals surface area contributed by atoms with E-state index >= 15 is 0 Å². The molecule has 0 bridgehead atoms. The summed E-state index contributed by atoms with van der Waals surface area (Å²) in [7, 11) is 1.66. The number of carbonyl (C=O) groups excluding carboxylic acids is 3. The number of nitrogens with zero attached hydrogens (tertiary/aromatic N) is 1. The molecule has 2 amide bonds. The van der Waals surface area contributed by atoms with Crippen molar-refractivity contribution < 1.29 is 14.4 Å². The molecule has 0 spiro atoms. The highest BCUT2D eigenvalue weighted by atomic mass is 35.5. The fraction of sp³-hybridized carbons (Fsp3) is 0.395. The largest absolute Gasteiger partial charge is 0.361 e. The molecule has 2 heterocycles. The van der Waals surface area contributed by atoms with E-state index in [-0.39, 0.29) is 37.0 Å².